The number of rotatable bonds is 17. The molecule has 0 aromatic carbocycles. The number of carboxylic acid groups (broad SMARTS) is 1. The predicted molar refractivity (Wildman–Crippen MR) is 121 cm³/mol. The summed E-state index contributed by atoms with van der Waals surface area (Å²) in [6.45, 7) is -0.809. The summed E-state index contributed by atoms with van der Waals surface area (Å²) in [6.07, 6.45) is -0.901. The highest BCUT2D eigenvalue weighted by Gasteiger charge is 2.31. The van der Waals surface area contributed by atoms with Gasteiger partial charge in [-0.2, -0.15) is 0 Å². The van der Waals surface area contributed by atoms with Crippen molar-refractivity contribution in [2.75, 3.05) is 13.2 Å². The van der Waals surface area contributed by atoms with E-state index >= 15 is 0 Å². The zero-order valence-electron chi connectivity index (χ0n) is 18.9. The lowest BCUT2D eigenvalue weighted by atomic mass is 10.1. The molecule has 4 unspecified atom stereocenters. The van der Waals surface area contributed by atoms with Gasteiger partial charge in [0.05, 0.1) is 19.1 Å². The van der Waals surface area contributed by atoms with Crippen molar-refractivity contribution in [3.8, 4) is 0 Å². The molecule has 0 aromatic heterocycles. The maximum Gasteiger partial charge on any atom is 0.326 e. The number of carbonyl (C=O) groups is 6. The van der Waals surface area contributed by atoms with Crippen molar-refractivity contribution in [1.29, 1.82) is 0 Å². The van der Waals surface area contributed by atoms with E-state index in [0.717, 1.165) is 0 Å². The molecule has 0 aliphatic carbocycles. The fourth-order valence-corrected chi connectivity index (χ4v) is 2.62. The molecule has 0 heterocycles. The molecule has 198 valence electrons. The van der Waals surface area contributed by atoms with E-state index in [-0.39, 0.29) is 38.2 Å². The van der Waals surface area contributed by atoms with Gasteiger partial charge in [-0.25, -0.2) is 4.79 Å². The summed E-state index contributed by atoms with van der Waals surface area (Å²) in [6, 6.07) is -5.82. The Morgan fingerprint density at radius 1 is 0.771 bits per heavy atom. The highest BCUT2D eigenvalue weighted by atomic mass is 16.4. The first kappa shape index (κ1) is 31.0. The third kappa shape index (κ3) is 13.3. The van der Waals surface area contributed by atoms with Crippen LogP contribution in [0.3, 0.4) is 0 Å². The second kappa shape index (κ2) is 15.8. The topological polar surface area (TPSA) is 321 Å². The zero-order valence-corrected chi connectivity index (χ0v) is 18.9. The van der Waals surface area contributed by atoms with Crippen molar-refractivity contribution >= 4 is 41.5 Å². The first-order valence-electron chi connectivity index (χ1n) is 10.4. The molecule has 0 radical (unpaired) electrons. The standard InChI is InChI=1S/C18H33N9O8/c19-8(3-4-12(20)29)14(31)27-11(7-28)16(33)26-10(6-13(21)30)15(32)25-9(17(34)35)2-1-5-24-18(22)23/h8-11,28H,1-7,19H2,(H2,20,29)(H2,21,30)(H,25,32)(H,26,33)(H,27,31)(H,34,35)(H4,22,23,24). The Hall–Kier alpha value is -3.99. The van der Waals surface area contributed by atoms with Gasteiger partial charge in [-0.15, -0.1) is 0 Å². The normalized spacial score (nSPS) is 13.9. The van der Waals surface area contributed by atoms with E-state index in [0.29, 0.717) is 0 Å². The fourth-order valence-electron chi connectivity index (χ4n) is 2.62. The van der Waals surface area contributed by atoms with Gasteiger partial charge in [0, 0.05) is 13.0 Å². The van der Waals surface area contributed by atoms with Crippen LogP contribution >= 0.6 is 0 Å². The Balaban J connectivity index is 5.24. The maximum atomic E-state index is 12.6. The molecule has 15 N–H and O–H groups in total. The average Bonchev–Trinajstić information content (AvgIpc) is 2.75. The van der Waals surface area contributed by atoms with Gasteiger partial charge in [0.15, 0.2) is 5.96 Å². The molecule has 4 atom stereocenters. The first-order chi connectivity index (χ1) is 16.3. The summed E-state index contributed by atoms with van der Waals surface area (Å²) in [5.74, 6) is -6.29. The number of guanidine groups is 1. The minimum atomic E-state index is -1.62. The molecule has 0 bridgehead atoms. The van der Waals surface area contributed by atoms with Crippen LogP contribution in [0.1, 0.15) is 32.1 Å². The van der Waals surface area contributed by atoms with Crippen LogP contribution in [0.5, 0.6) is 0 Å². The van der Waals surface area contributed by atoms with Gasteiger partial charge in [-0.3, -0.25) is 29.0 Å². The molecule has 0 saturated carbocycles. The zero-order chi connectivity index (χ0) is 27.1. The van der Waals surface area contributed by atoms with Crippen LogP contribution in [-0.4, -0.2) is 89.0 Å². The second-order valence-corrected chi connectivity index (χ2v) is 7.44. The molecule has 17 heteroatoms. The summed E-state index contributed by atoms with van der Waals surface area (Å²) in [5, 5.41) is 25.2. The lowest BCUT2D eigenvalue weighted by molar-refractivity contribution is -0.142. The highest BCUT2D eigenvalue weighted by Crippen LogP contribution is 2.02. The van der Waals surface area contributed by atoms with Crippen molar-refractivity contribution in [2.45, 2.75) is 56.3 Å². The van der Waals surface area contributed by atoms with Gasteiger partial charge >= 0.3 is 5.97 Å². The number of carboxylic acids is 1. The van der Waals surface area contributed by atoms with Crippen molar-refractivity contribution in [3.05, 3.63) is 0 Å². The molecule has 0 aliphatic heterocycles. The second-order valence-electron chi connectivity index (χ2n) is 7.44. The maximum absolute atomic E-state index is 12.6. The molecule has 0 saturated heterocycles. The Labute approximate surface area is 200 Å². The summed E-state index contributed by atoms with van der Waals surface area (Å²) in [4.78, 5) is 74.5. The number of aliphatic hydroxyl groups is 1. The Bertz CT molecular complexity index is 816. The summed E-state index contributed by atoms with van der Waals surface area (Å²) in [7, 11) is 0. The van der Waals surface area contributed by atoms with Gasteiger partial charge in [-0.1, -0.05) is 0 Å². The smallest absolute Gasteiger partial charge is 0.326 e. The number of nitrogens with two attached hydrogens (primary N) is 5. The van der Waals surface area contributed by atoms with E-state index in [1.807, 2.05) is 0 Å². The number of aliphatic hydroxyl groups excluding tert-OH is 1. The SMILES string of the molecule is NC(=O)CCC(N)C(=O)NC(CO)C(=O)NC(CC(N)=O)C(=O)NC(CCCN=C(N)N)C(=O)O. The van der Waals surface area contributed by atoms with Crippen LogP contribution in [0.4, 0.5) is 0 Å². The summed E-state index contributed by atoms with van der Waals surface area (Å²) >= 11 is 0. The van der Waals surface area contributed by atoms with Crippen molar-refractivity contribution in [1.82, 2.24) is 16.0 Å². The lowest BCUT2D eigenvalue weighted by Crippen LogP contribution is -2.58. The van der Waals surface area contributed by atoms with E-state index in [4.69, 9.17) is 28.7 Å². The number of amides is 5. The third-order valence-electron chi connectivity index (χ3n) is 4.45. The number of nitrogens with one attached hydrogen (secondary N) is 3. The summed E-state index contributed by atoms with van der Waals surface area (Å²) in [5.41, 5.74) is 26.0. The van der Waals surface area contributed by atoms with Crippen LogP contribution in [0.2, 0.25) is 0 Å². The molecule has 0 aliphatic rings. The number of hydrogen-bond acceptors (Lipinski definition) is 9. The van der Waals surface area contributed by atoms with Crippen LogP contribution in [0.25, 0.3) is 0 Å². The van der Waals surface area contributed by atoms with Crippen LogP contribution in [0.15, 0.2) is 4.99 Å². The van der Waals surface area contributed by atoms with Crippen LogP contribution in [0, 0.1) is 0 Å². The number of carbonyl (C=O) groups excluding carboxylic acids is 5. The van der Waals surface area contributed by atoms with Gasteiger partial charge in [0.1, 0.15) is 18.1 Å². The predicted octanol–water partition coefficient (Wildman–Crippen LogP) is -5.96. The van der Waals surface area contributed by atoms with Crippen molar-refractivity contribution in [3.63, 3.8) is 0 Å². The van der Waals surface area contributed by atoms with Crippen LogP contribution < -0.4 is 44.6 Å². The quantitative estimate of drug-likeness (QED) is 0.0505. The van der Waals surface area contributed by atoms with Gasteiger partial charge in [0.2, 0.25) is 29.5 Å². The minimum absolute atomic E-state index is 0.0758. The van der Waals surface area contributed by atoms with E-state index < -0.39 is 72.7 Å². The largest absolute Gasteiger partial charge is 0.480 e. The minimum Gasteiger partial charge on any atom is -0.480 e. The van der Waals surface area contributed by atoms with Gasteiger partial charge in [-0.05, 0) is 19.3 Å². The molecule has 17 nitrogen and oxygen atoms in total. The van der Waals surface area contributed by atoms with E-state index in [2.05, 4.69) is 20.9 Å². The van der Waals surface area contributed by atoms with E-state index in [1.54, 1.807) is 0 Å². The Morgan fingerprint density at radius 2 is 1.31 bits per heavy atom. The molecular formula is C18H33N9O8. The number of nitrogens with zero attached hydrogens (tertiary/aromatic N) is 1. The highest BCUT2D eigenvalue weighted by molar-refractivity contribution is 5.96. The fraction of sp³-hybridized carbons (Fsp3) is 0.611. The van der Waals surface area contributed by atoms with E-state index in [1.165, 1.54) is 0 Å². The average molecular weight is 504 g/mol. The number of aliphatic imine (C=N–C) groups is 1. The Kier molecular flexibility index (Phi) is 14.0. The molecule has 35 heavy (non-hydrogen) atoms. The molecule has 0 aromatic rings. The monoisotopic (exact) mass is 503 g/mol. The lowest BCUT2D eigenvalue weighted by Gasteiger charge is -2.23. The molecular weight excluding hydrogens is 470 g/mol. The first-order valence-corrected chi connectivity index (χ1v) is 10.4. The molecule has 0 rings (SSSR count). The van der Waals surface area contributed by atoms with Crippen molar-refractivity contribution in [2.24, 2.45) is 33.7 Å². The Morgan fingerprint density at radius 3 is 1.80 bits per heavy atom. The van der Waals surface area contributed by atoms with E-state index in [9.17, 15) is 39.0 Å². The van der Waals surface area contributed by atoms with Crippen LogP contribution in [-0.2, 0) is 28.8 Å². The van der Waals surface area contributed by atoms with Gasteiger partial charge < -0.3 is 54.8 Å². The molecule has 0 spiro atoms. The molecule has 5 amide bonds. The number of primary amides is 2. The number of aliphatic carboxylic acids is 1. The number of hydrogen-bond donors (Lipinski definition) is 10. The summed E-state index contributed by atoms with van der Waals surface area (Å²) < 4.78 is 0. The van der Waals surface area contributed by atoms with Gasteiger partial charge in [0.25, 0.3) is 0 Å². The third-order valence-corrected chi connectivity index (χ3v) is 4.45. The van der Waals surface area contributed by atoms with Crippen molar-refractivity contribution < 1.29 is 39.0 Å². The molecule has 0 fully saturated rings.